The van der Waals surface area contributed by atoms with Crippen molar-refractivity contribution in [1.82, 2.24) is 0 Å². The quantitative estimate of drug-likeness (QED) is 0.170. The lowest BCUT2D eigenvalue weighted by atomic mass is 9.82. The van der Waals surface area contributed by atoms with Gasteiger partial charge in [0, 0.05) is 22.3 Å². The van der Waals surface area contributed by atoms with E-state index >= 15 is 0 Å². The van der Waals surface area contributed by atoms with E-state index < -0.39 is 0 Å². The average Bonchev–Trinajstić information content (AvgIpc) is 3.55. The average molecular weight is 613 g/mol. The fourth-order valence-corrected chi connectivity index (χ4v) is 7.26. The van der Waals surface area contributed by atoms with Crippen molar-refractivity contribution in [2.45, 2.75) is 5.92 Å². The summed E-state index contributed by atoms with van der Waals surface area (Å²) in [5.74, 6) is 0.0665. The second kappa shape index (κ2) is 11.9. The van der Waals surface area contributed by atoms with E-state index in [0.717, 1.165) is 33.1 Å². The molecule has 1 unspecified atom stereocenters. The summed E-state index contributed by atoms with van der Waals surface area (Å²) < 4.78 is 6.38. The monoisotopic (exact) mass is 612 g/mol. The van der Waals surface area contributed by atoms with Gasteiger partial charge >= 0.3 is 0 Å². The van der Waals surface area contributed by atoms with Crippen LogP contribution in [0.2, 0.25) is 0 Å². The molecule has 0 saturated heterocycles. The Kier molecular flexibility index (Phi) is 6.95. The molecule has 8 aromatic carbocycles. The Morgan fingerprint density at radius 2 is 0.896 bits per heavy atom. The fourth-order valence-electron chi connectivity index (χ4n) is 7.26. The molecule has 0 spiro atoms. The molecule has 48 heavy (non-hydrogen) atoms. The van der Waals surface area contributed by atoms with Gasteiger partial charge in [-0.3, -0.25) is 0 Å². The largest absolute Gasteiger partial charge is 0.455 e. The highest BCUT2D eigenvalue weighted by atomic mass is 16.3. The molecule has 1 aromatic heterocycles. The molecule has 226 valence electrons. The molecule has 0 bridgehead atoms. The van der Waals surface area contributed by atoms with Crippen LogP contribution >= 0.6 is 0 Å². The van der Waals surface area contributed by atoms with Crippen LogP contribution < -0.4 is 0 Å². The SMILES string of the molecule is c1ccc(-c2cccc(-c3ccc(C(c4ccc(-c5cccc6c5oc5ccccc56)cc4)c4cccc5ccccc45)cc3)c2)cc1. The van der Waals surface area contributed by atoms with Crippen molar-refractivity contribution in [3.63, 3.8) is 0 Å². The molecule has 0 aliphatic rings. The molecule has 1 nitrogen and oxygen atoms in total. The van der Waals surface area contributed by atoms with Crippen LogP contribution in [0.4, 0.5) is 0 Å². The maximum absolute atomic E-state index is 6.38. The van der Waals surface area contributed by atoms with Crippen molar-refractivity contribution >= 4 is 32.7 Å². The molecule has 1 atom stereocenters. The lowest BCUT2D eigenvalue weighted by Crippen LogP contribution is -2.04. The van der Waals surface area contributed by atoms with Gasteiger partial charge in [-0.1, -0.05) is 176 Å². The van der Waals surface area contributed by atoms with Crippen LogP contribution in [0.25, 0.3) is 66.1 Å². The topological polar surface area (TPSA) is 13.1 Å². The van der Waals surface area contributed by atoms with Crippen molar-refractivity contribution < 1.29 is 4.42 Å². The normalized spacial score (nSPS) is 12.1. The minimum absolute atomic E-state index is 0.0665. The molecule has 0 N–H and O–H groups in total. The van der Waals surface area contributed by atoms with E-state index in [0.29, 0.717) is 0 Å². The number of fused-ring (bicyclic) bond motifs is 4. The summed E-state index contributed by atoms with van der Waals surface area (Å²) in [6, 6.07) is 67.7. The summed E-state index contributed by atoms with van der Waals surface area (Å²) in [7, 11) is 0. The van der Waals surface area contributed by atoms with Gasteiger partial charge in [-0.15, -0.1) is 0 Å². The standard InChI is InChI=1S/C47H32O/c1-2-11-32(12-3-1)38-15-8-16-39(31-38)33-23-27-36(28-24-33)46(43-20-9-14-34-13-4-5-17-40(34)43)37-29-25-35(26-30-37)41-19-10-21-44-42-18-6-7-22-45(42)48-47(41)44/h1-31,46H. The van der Waals surface area contributed by atoms with Gasteiger partial charge in [-0.2, -0.15) is 0 Å². The van der Waals surface area contributed by atoms with Gasteiger partial charge in [0.1, 0.15) is 11.2 Å². The van der Waals surface area contributed by atoms with E-state index in [4.69, 9.17) is 4.42 Å². The first-order chi connectivity index (χ1) is 23.8. The van der Waals surface area contributed by atoms with Crippen molar-refractivity contribution in [1.29, 1.82) is 0 Å². The summed E-state index contributed by atoms with van der Waals surface area (Å²) >= 11 is 0. The van der Waals surface area contributed by atoms with E-state index in [1.54, 1.807) is 0 Å². The zero-order valence-electron chi connectivity index (χ0n) is 26.4. The molecule has 0 amide bonds. The number of benzene rings is 8. The van der Waals surface area contributed by atoms with E-state index in [-0.39, 0.29) is 5.92 Å². The number of para-hydroxylation sites is 2. The first kappa shape index (κ1) is 28.1. The molecule has 9 rings (SSSR count). The lowest BCUT2D eigenvalue weighted by Gasteiger charge is -2.22. The smallest absolute Gasteiger partial charge is 0.143 e. The van der Waals surface area contributed by atoms with Gasteiger partial charge < -0.3 is 4.42 Å². The second-order valence-corrected chi connectivity index (χ2v) is 12.5. The van der Waals surface area contributed by atoms with Crippen molar-refractivity contribution in [3.05, 3.63) is 205 Å². The van der Waals surface area contributed by atoms with Gasteiger partial charge in [-0.25, -0.2) is 0 Å². The summed E-state index contributed by atoms with van der Waals surface area (Å²) in [4.78, 5) is 0. The van der Waals surface area contributed by atoms with Crippen molar-refractivity contribution in [3.8, 4) is 33.4 Å². The van der Waals surface area contributed by atoms with Crippen LogP contribution in [0.5, 0.6) is 0 Å². The van der Waals surface area contributed by atoms with Gasteiger partial charge in [0.05, 0.1) is 0 Å². The number of furan rings is 1. The summed E-state index contributed by atoms with van der Waals surface area (Å²) in [6.07, 6.45) is 0. The Morgan fingerprint density at radius 1 is 0.354 bits per heavy atom. The van der Waals surface area contributed by atoms with E-state index in [1.807, 2.05) is 12.1 Å². The van der Waals surface area contributed by atoms with Crippen LogP contribution in [0.1, 0.15) is 22.6 Å². The minimum atomic E-state index is 0.0665. The molecule has 9 aromatic rings. The Morgan fingerprint density at radius 3 is 1.67 bits per heavy atom. The van der Waals surface area contributed by atoms with Crippen LogP contribution in [0.15, 0.2) is 192 Å². The first-order valence-electron chi connectivity index (χ1n) is 16.5. The molecular formula is C47H32O. The van der Waals surface area contributed by atoms with Gasteiger partial charge in [-0.05, 0) is 67.4 Å². The summed E-state index contributed by atoms with van der Waals surface area (Å²) in [5.41, 5.74) is 12.8. The Bertz CT molecular complexity index is 2530. The third-order valence-electron chi connectivity index (χ3n) is 9.64. The maximum atomic E-state index is 6.38. The summed E-state index contributed by atoms with van der Waals surface area (Å²) in [6.45, 7) is 0. The molecule has 0 saturated carbocycles. The lowest BCUT2D eigenvalue weighted by molar-refractivity contribution is 0.670. The molecule has 1 heterocycles. The second-order valence-electron chi connectivity index (χ2n) is 12.5. The molecule has 1 heteroatoms. The number of hydrogen-bond acceptors (Lipinski definition) is 1. The first-order valence-corrected chi connectivity index (χ1v) is 16.5. The molecule has 0 aliphatic carbocycles. The minimum Gasteiger partial charge on any atom is -0.455 e. The number of hydrogen-bond donors (Lipinski definition) is 0. The highest BCUT2D eigenvalue weighted by Crippen LogP contribution is 2.40. The van der Waals surface area contributed by atoms with E-state index in [9.17, 15) is 0 Å². The molecule has 0 aliphatic heterocycles. The van der Waals surface area contributed by atoms with E-state index in [2.05, 4.69) is 176 Å². The van der Waals surface area contributed by atoms with E-state index in [1.165, 1.54) is 49.7 Å². The van der Waals surface area contributed by atoms with Gasteiger partial charge in [0.15, 0.2) is 0 Å². The summed E-state index contributed by atoms with van der Waals surface area (Å²) in [5, 5.41) is 4.83. The highest BCUT2D eigenvalue weighted by molar-refractivity contribution is 6.09. The Hall–Kier alpha value is -6.18. The molecule has 0 fully saturated rings. The molecule has 0 radical (unpaired) electrons. The predicted molar refractivity (Wildman–Crippen MR) is 201 cm³/mol. The Labute approximate surface area is 280 Å². The van der Waals surface area contributed by atoms with Crippen LogP contribution in [0.3, 0.4) is 0 Å². The zero-order valence-corrected chi connectivity index (χ0v) is 26.4. The zero-order chi connectivity index (χ0) is 31.9. The molecular weight excluding hydrogens is 581 g/mol. The number of rotatable bonds is 6. The van der Waals surface area contributed by atoms with Crippen LogP contribution in [-0.4, -0.2) is 0 Å². The van der Waals surface area contributed by atoms with Gasteiger partial charge in [0.2, 0.25) is 0 Å². The van der Waals surface area contributed by atoms with Crippen molar-refractivity contribution in [2.75, 3.05) is 0 Å². The fraction of sp³-hybridized carbons (Fsp3) is 0.0213. The Balaban J connectivity index is 1.13. The van der Waals surface area contributed by atoms with Crippen molar-refractivity contribution in [2.24, 2.45) is 0 Å². The third kappa shape index (κ3) is 4.98. The van der Waals surface area contributed by atoms with Crippen LogP contribution in [-0.2, 0) is 0 Å². The third-order valence-corrected chi connectivity index (χ3v) is 9.64. The maximum Gasteiger partial charge on any atom is 0.143 e. The predicted octanol–water partition coefficient (Wildman–Crippen LogP) is 12.9. The van der Waals surface area contributed by atoms with Gasteiger partial charge in [0.25, 0.3) is 0 Å². The van der Waals surface area contributed by atoms with Crippen LogP contribution in [0, 0.1) is 0 Å². The highest BCUT2D eigenvalue weighted by Gasteiger charge is 2.20.